The minimum absolute atomic E-state index is 0.146. The Bertz CT molecular complexity index is 1270. The zero-order chi connectivity index (χ0) is 22.7. The summed E-state index contributed by atoms with van der Waals surface area (Å²) < 4.78 is 30.7. The van der Waals surface area contributed by atoms with Gasteiger partial charge in [-0.2, -0.15) is 5.10 Å². The van der Waals surface area contributed by atoms with E-state index in [2.05, 4.69) is 22.0 Å². The van der Waals surface area contributed by atoms with Crippen molar-refractivity contribution in [3.63, 3.8) is 0 Å². The Labute approximate surface area is 187 Å². The number of aromatic nitrogens is 5. The third-order valence-corrected chi connectivity index (χ3v) is 6.45. The number of halogens is 2. The Morgan fingerprint density at radius 3 is 2.72 bits per heavy atom. The number of fused-ring (bicyclic) bond motifs is 1. The Morgan fingerprint density at radius 2 is 2.00 bits per heavy atom. The molecule has 0 saturated carbocycles. The molecule has 1 N–H and O–H groups in total. The molecular formula is C22H23F2N5O2S. The molecule has 3 aromatic heterocycles. The van der Waals surface area contributed by atoms with Gasteiger partial charge >= 0.3 is 0 Å². The molecular weight excluding hydrogens is 436 g/mol. The topological polar surface area (TPSA) is 85.8 Å². The lowest BCUT2D eigenvalue weighted by Crippen LogP contribution is -2.40. The molecule has 1 atom stereocenters. The summed E-state index contributed by atoms with van der Waals surface area (Å²) >= 11 is 1.48. The van der Waals surface area contributed by atoms with Crippen LogP contribution in [-0.4, -0.2) is 29.4 Å². The van der Waals surface area contributed by atoms with Crippen LogP contribution in [0.4, 0.5) is 8.78 Å². The van der Waals surface area contributed by atoms with Crippen molar-refractivity contribution in [3.05, 3.63) is 75.7 Å². The molecule has 7 nitrogen and oxygen atoms in total. The van der Waals surface area contributed by atoms with E-state index in [4.69, 9.17) is 0 Å². The van der Waals surface area contributed by atoms with Crippen LogP contribution >= 0.6 is 11.3 Å². The van der Waals surface area contributed by atoms with Gasteiger partial charge in [-0.05, 0) is 25.0 Å². The summed E-state index contributed by atoms with van der Waals surface area (Å²) in [5.74, 6) is -1.67. The molecule has 0 aliphatic carbocycles. The maximum absolute atomic E-state index is 14.6. The van der Waals surface area contributed by atoms with Gasteiger partial charge in [-0.25, -0.2) is 23.4 Å². The Balaban J connectivity index is 1.71. The lowest BCUT2D eigenvalue weighted by Gasteiger charge is -2.29. The molecule has 4 rings (SSSR count). The summed E-state index contributed by atoms with van der Waals surface area (Å²) in [5, 5.41) is 15.9. The Hall–Kier alpha value is -2.98. The molecule has 4 aromatic rings. The number of aliphatic hydroxyl groups is 1. The summed E-state index contributed by atoms with van der Waals surface area (Å²) in [7, 11) is 0. The monoisotopic (exact) mass is 459 g/mol. The second kappa shape index (κ2) is 9.25. The molecule has 0 aliphatic rings. The van der Waals surface area contributed by atoms with Crippen molar-refractivity contribution in [2.24, 2.45) is 0 Å². The summed E-state index contributed by atoms with van der Waals surface area (Å²) in [6.07, 6.45) is 8.16. The van der Waals surface area contributed by atoms with Crippen LogP contribution in [0.3, 0.4) is 0 Å². The van der Waals surface area contributed by atoms with Crippen molar-refractivity contribution in [1.29, 1.82) is 0 Å². The van der Waals surface area contributed by atoms with Crippen molar-refractivity contribution >= 4 is 21.6 Å². The van der Waals surface area contributed by atoms with Gasteiger partial charge in [0, 0.05) is 16.5 Å². The molecule has 0 bridgehead atoms. The van der Waals surface area contributed by atoms with Gasteiger partial charge in [-0.15, -0.1) is 11.3 Å². The van der Waals surface area contributed by atoms with Crippen molar-refractivity contribution < 1.29 is 13.9 Å². The number of benzene rings is 1. The highest BCUT2D eigenvalue weighted by molar-refractivity contribution is 7.18. The number of nitrogens with zero attached hydrogens (tertiary/aromatic N) is 5. The quantitative estimate of drug-likeness (QED) is 0.386. The molecule has 3 heterocycles. The molecule has 10 heteroatoms. The predicted molar refractivity (Wildman–Crippen MR) is 117 cm³/mol. The van der Waals surface area contributed by atoms with Gasteiger partial charge in [-0.1, -0.05) is 25.8 Å². The SMILES string of the molecule is CCCCCc1cc2c(=O)n(C[C@](O)(Cn3cncn3)c3ccc(F)cc3F)cnc2s1. The molecule has 0 saturated heterocycles. The van der Waals surface area contributed by atoms with Crippen LogP contribution in [-0.2, 0) is 25.1 Å². The van der Waals surface area contributed by atoms with Crippen molar-refractivity contribution in [3.8, 4) is 0 Å². The van der Waals surface area contributed by atoms with E-state index in [0.717, 1.165) is 36.6 Å². The molecule has 1 aromatic carbocycles. The fraction of sp³-hybridized carbons (Fsp3) is 0.364. The number of hydrogen-bond donors (Lipinski definition) is 1. The van der Waals surface area contributed by atoms with Crippen molar-refractivity contribution in [2.75, 3.05) is 0 Å². The first-order chi connectivity index (χ1) is 15.4. The van der Waals surface area contributed by atoms with Crippen LogP contribution in [0.15, 0.2) is 48.0 Å². The fourth-order valence-corrected chi connectivity index (χ4v) is 4.77. The highest BCUT2D eigenvalue weighted by Gasteiger charge is 2.34. The van der Waals surface area contributed by atoms with Gasteiger partial charge in [-0.3, -0.25) is 9.36 Å². The molecule has 32 heavy (non-hydrogen) atoms. The average molecular weight is 460 g/mol. The van der Waals surface area contributed by atoms with E-state index in [0.29, 0.717) is 16.3 Å². The molecule has 0 amide bonds. The third kappa shape index (κ3) is 4.61. The van der Waals surface area contributed by atoms with E-state index >= 15 is 0 Å². The number of aryl methyl sites for hydroxylation is 1. The first kappa shape index (κ1) is 22.2. The van der Waals surface area contributed by atoms with E-state index in [9.17, 15) is 18.7 Å². The largest absolute Gasteiger partial charge is 0.381 e. The normalized spacial score (nSPS) is 13.5. The Morgan fingerprint density at radius 1 is 1.16 bits per heavy atom. The standard InChI is InChI=1S/C22H23F2N5O2S/c1-2-3-4-5-16-9-17-20(32-16)26-14-28(21(17)30)10-22(31,11-29-13-25-12-27-29)18-7-6-15(23)8-19(18)24/h6-9,12-14,31H,2-5,10-11H2,1H3/t22-/m0/s1. The lowest BCUT2D eigenvalue weighted by molar-refractivity contribution is -0.00640. The zero-order valence-electron chi connectivity index (χ0n) is 17.5. The highest BCUT2D eigenvalue weighted by Crippen LogP contribution is 2.29. The van der Waals surface area contributed by atoms with Gasteiger partial charge in [0.1, 0.15) is 34.7 Å². The number of hydrogen-bond acceptors (Lipinski definition) is 6. The van der Waals surface area contributed by atoms with E-state index in [1.165, 1.54) is 45.6 Å². The molecule has 0 unspecified atom stereocenters. The van der Waals surface area contributed by atoms with Gasteiger partial charge < -0.3 is 5.11 Å². The van der Waals surface area contributed by atoms with Crippen LogP contribution < -0.4 is 5.56 Å². The number of unbranched alkanes of at least 4 members (excludes halogenated alkanes) is 2. The minimum atomic E-state index is -1.90. The van der Waals surface area contributed by atoms with Gasteiger partial charge in [0.05, 0.1) is 24.8 Å². The lowest BCUT2D eigenvalue weighted by atomic mass is 9.92. The van der Waals surface area contributed by atoms with E-state index < -0.39 is 17.2 Å². The molecule has 0 fully saturated rings. The molecule has 0 radical (unpaired) electrons. The van der Waals surface area contributed by atoms with Crippen LogP contribution in [0, 0.1) is 11.6 Å². The van der Waals surface area contributed by atoms with Crippen LogP contribution in [0.5, 0.6) is 0 Å². The third-order valence-electron chi connectivity index (χ3n) is 5.35. The van der Waals surface area contributed by atoms with E-state index in [1.807, 2.05) is 6.07 Å². The van der Waals surface area contributed by atoms with Gasteiger partial charge in [0.25, 0.3) is 5.56 Å². The van der Waals surface area contributed by atoms with Crippen molar-refractivity contribution in [2.45, 2.75) is 51.3 Å². The van der Waals surface area contributed by atoms with Gasteiger partial charge in [0.15, 0.2) is 0 Å². The van der Waals surface area contributed by atoms with Crippen LogP contribution in [0.1, 0.15) is 36.6 Å². The minimum Gasteiger partial charge on any atom is -0.381 e. The molecule has 168 valence electrons. The zero-order valence-corrected chi connectivity index (χ0v) is 18.4. The summed E-state index contributed by atoms with van der Waals surface area (Å²) in [5.41, 5.74) is -2.37. The van der Waals surface area contributed by atoms with Crippen LogP contribution in [0.25, 0.3) is 10.2 Å². The van der Waals surface area contributed by atoms with Crippen molar-refractivity contribution in [1.82, 2.24) is 24.3 Å². The number of thiophene rings is 1. The smallest absolute Gasteiger partial charge is 0.262 e. The first-order valence-electron chi connectivity index (χ1n) is 10.4. The van der Waals surface area contributed by atoms with E-state index in [1.54, 1.807) is 0 Å². The second-order valence-corrected chi connectivity index (χ2v) is 8.93. The van der Waals surface area contributed by atoms with Gasteiger partial charge in [0.2, 0.25) is 0 Å². The highest BCUT2D eigenvalue weighted by atomic mass is 32.1. The van der Waals surface area contributed by atoms with E-state index in [-0.39, 0.29) is 24.2 Å². The predicted octanol–water partition coefficient (Wildman–Crippen LogP) is 3.65. The average Bonchev–Trinajstić information content (AvgIpc) is 3.40. The first-order valence-corrected chi connectivity index (χ1v) is 11.2. The van der Waals surface area contributed by atoms with Crippen LogP contribution in [0.2, 0.25) is 0 Å². The maximum Gasteiger partial charge on any atom is 0.262 e. The fourth-order valence-electron chi connectivity index (χ4n) is 3.75. The molecule has 0 aliphatic heterocycles. The molecule has 0 spiro atoms. The number of rotatable bonds is 9. The summed E-state index contributed by atoms with van der Waals surface area (Å²) in [6, 6.07) is 4.79. The summed E-state index contributed by atoms with van der Waals surface area (Å²) in [6.45, 7) is 1.65. The summed E-state index contributed by atoms with van der Waals surface area (Å²) in [4.78, 5) is 23.1. The Kier molecular flexibility index (Phi) is 6.43. The maximum atomic E-state index is 14.6. The second-order valence-electron chi connectivity index (χ2n) is 7.82.